The van der Waals surface area contributed by atoms with Crippen molar-refractivity contribution in [2.75, 3.05) is 25.3 Å². The number of hydrogen-bond donors (Lipinski definition) is 1. The molecule has 0 saturated carbocycles. The van der Waals surface area contributed by atoms with Crippen LogP contribution in [0.1, 0.15) is 0 Å². The molecule has 1 aromatic heterocycles. The van der Waals surface area contributed by atoms with Crippen molar-refractivity contribution in [1.29, 1.82) is 0 Å². The van der Waals surface area contributed by atoms with Gasteiger partial charge in [-0.25, -0.2) is 0 Å². The molecule has 0 aliphatic carbocycles. The Morgan fingerprint density at radius 1 is 1.03 bits per heavy atom. The second-order valence-corrected chi connectivity index (χ2v) is 7.23. The van der Waals surface area contributed by atoms with Gasteiger partial charge in [-0.15, -0.1) is 10.2 Å². The van der Waals surface area contributed by atoms with Gasteiger partial charge in [0.2, 0.25) is 11.8 Å². The zero-order valence-electron chi connectivity index (χ0n) is 16.4. The van der Waals surface area contributed by atoms with Gasteiger partial charge in [-0.2, -0.15) is 0 Å². The predicted molar refractivity (Wildman–Crippen MR) is 116 cm³/mol. The molecule has 1 heterocycles. The summed E-state index contributed by atoms with van der Waals surface area (Å²) in [6.07, 6.45) is 0. The van der Waals surface area contributed by atoms with E-state index in [9.17, 15) is 4.79 Å². The first kappa shape index (κ1) is 19.8. The largest absolute Gasteiger partial charge is 0.497 e. The van der Waals surface area contributed by atoms with E-state index in [1.165, 1.54) is 18.9 Å². The van der Waals surface area contributed by atoms with Crippen molar-refractivity contribution < 1.29 is 18.7 Å². The summed E-state index contributed by atoms with van der Waals surface area (Å²) in [7, 11) is 3.10. The summed E-state index contributed by atoms with van der Waals surface area (Å²) in [5.41, 5.74) is 1.42. The molecule has 0 spiro atoms. The number of anilines is 1. The van der Waals surface area contributed by atoms with E-state index >= 15 is 0 Å². The fraction of sp³-hybridized carbons (Fsp3) is 0.136. The van der Waals surface area contributed by atoms with Crippen LogP contribution in [0, 0.1) is 0 Å². The van der Waals surface area contributed by atoms with Gasteiger partial charge in [0.25, 0.3) is 5.22 Å². The fourth-order valence-corrected chi connectivity index (χ4v) is 3.57. The summed E-state index contributed by atoms with van der Waals surface area (Å²) >= 11 is 1.17. The molecule has 1 amide bonds. The lowest BCUT2D eigenvalue weighted by Crippen LogP contribution is -2.14. The molecule has 0 bridgehead atoms. The predicted octanol–water partition coefficient (Wildman–Crippen LogP) is 4.64. The summed E-state index contributed by atoms with van der Waals surface area (Å²) in [5, 5.41) is 13.5. The third-order valence-electron chi connectivity index (χ3n) is 4.44. The molecule has 4 rings (SSSR count). The van der Waals surface area contributed by atoms with E-state index in [4.69, 9.17) is 13.9 Å². The van der Waals surface area contributed by atoms with Crippen molar-refractivity contribution in [3.05, 3.63) is 60.7 Å². The zero-order valence-corrected chi connectivity index (χ0v) is 17.2. The number of thioether (sulfide) groups is 1. The molecule has 0 saturated heterocycles. The van der Waals surface area contributed by atoms with Gasteiger partial charge in [0, 0.05) is 11.6 Å². The number of carbonyl (C=O) groups excluding carboxylic acids is 1. The lowest BCUT2D eigenvalue weighted by molar-refractivity contribution is -0.113. The first-order valence-electron chi connectivity index (χ1n) is 9.14. The molecule has 0 radical (unpaired) electrons. The number of benzene rings is 3. The van der Waals surface area contributed by atoms with Crippen LogP contribution >= 0.6 is 11.8 Å². The third kappa shape index (κ3) is 4.23. The van der Waals surface area contributed by atoms with E-state index in [-0.39, 0.29) is 11.7 Å². The molecule has 4 aromatic rings. The average Bonchev–Trinajstić information content (AvgIpc) is 3.26. The third-order valence-corrected chi connectivity index (χ3v) is 5.25. The Hall–Kier alpha value is -3.52. The number of amides is 1. The number of methoxy groups -OCH3 is 2. The molecule has 1 N–H and O–H groups in total. The minimum absolute atomic E-state index is 0.117. The molecule has 0 aliphatic heterocycles. The van der Waals surface area contributed by atoms with Crippen LogP contribution in [0.3, 0.4) is 0 Å². The van der Waals surface area contributed by atoms with Crippen LogP contribution in [-0.2, 0) is 4.79 Å². The highest BCUT2D eigenvalue weighted by molar-refractivity contribution is 7.99. The van der Waals surface area contributed by atoms with Crippen molar-refractivity contribution in [2.24, 2.45) is 0 Å². The molecule has 152 valence electrons. The van der Waals surface area contributed by atoms with E-state index in [0.29, 0.717) is 28.3 Å². The monoisotopic (exact) mass is 421 g/mol. The molecule has 0 unspecified atom stereocenters. The molecule has 0 atom stereocenters. The van der Waals surface area contributed by atoms with Gasteiger partial charge in [0.15, 0.2) is 0 Å². The van der Waals surface area contributed by atoms with Crippen molar-refractivity contribution in [1.82, 2.24) is 10.2 Å². The van der Waals surface area contributed by atoms with Gasteiger partial charge in [-0.05, 0) is 29.0 Å². The standard InChI is InChI=1S/C22H19N3O4S/c1-27-15-10-11-18(19(12-15)28-2)23-20(26)13-30-22-25-24-21(29-22)17-9-5-7-14-6-3-4-8-16(14)17/h3-12H,13H2,1-2H3,(H,23,26). The minimum atomic E-state index is -0.214. The lowest BCUT2D eigenvalue weighted by Gasteiger charge is -2.11. The summed E-state index contributed by atoms with van der Waals surface area (Å²) < 4.78 is 16.2. The number of nitrogens with one attached hydrogen (secondary N) is 1. The Balaban J connectivity index is 1.43. The lowest BCUT2D eigenvalue weighted by atomic mass is 10.0. The van der Waals surface area contributed by atoms with Crippen molar-refractivity contribution >= 4 is 34.1 Å². The van der Waals surface area contributed by atoms with Crippen molar-refractivity contribution in [2.45, 2.75) is 5.22 Å². The number of nitrogens with zero attached hydrogens (tertiary/aromatic N) is 2. The quantitative estimate of drug-likeness (QED) is 0.435. The maximum atomic E-state index is 12.4. The highest BCUT2D eigenvalue weighted by Gasteiger charge is 2.14. The van der Waals surface area contributed by atoms with E-state index in [1.807, 2.05) is 42.5 Å². The molecule has 30 heavy (non-hydrogen) atoms. The maximum absolute atomic E-state index is 12.4. The van der Waals surface area contributed by atoms with Crippen molar-refractivity contribution in [3.63, 3.8) is 0 Å². The number of carbonyl (C=O) groups is 1. The number of ether oxygens (including phenoxy) is 2. The summed E-state index contributed by atoms with van der Waals surface area (Å²) in [4.78, 5) is 12.4. The number of hydrogen-bond acceptors (Lipinski definition) is 7. The second-order valence-electron chi connectivity index (χ2n) is 6.30. The van der Waals surface area contributed by atoms with Crippen LogP contribution in [0.15, 0.2) is 70.3 Å². The highest BCUT2D eigenvalue weighted by Crippen LogP contribution is 2.31. The molecule has 0 aliphatic rings. The Morgan fingerprint density at radius 2 is 1.87 bits per heavy atom. The van der Waals surface area contributed by atoms with Gasteiger partial charge in [0.1, 0.15) is 11.5 Å². The first-order valence-corrected chi connectivity index (χ1v) is 10.1. The molecular formula is C22H19N3O4S. The van der Waals surface area contributed by atoms with Crippen LogP contribution in [0.5, 0.6) is 11.5 Å². The maximum Gasteiger partial charge on any atom is 0.277 e. The van der Waals surface area contributed by atoms with Crippen LogP contribution in [0.25, 0.3) is 22.2 Å². The van der Waals surface area contributed by atoms with Crippen LogP contribution in [0.2, 0.25) is 0 Å². The minimum Gasteiger partial charge on any atom is -0.497 e. The summed E-state index contributed by atoms with van der Waals surface area (Å²) in [6.45, 7) is 0. The molecule has 3 aromatic carbocycles. The Kier molecular flexibility index (Phi) is 5.85. The topological polar surface area (TPSA) is 86.5 Å². The van der Waals surface area contributed by atoms with Gasteiger partial charge in [-0.1, -0.05) is 48.2 Å². The Morgan fingerprint density at radius 3 is 2.70 bits per heavy atom. The Labute approximate surface area is 177 Å². The van der Waals surface area contributed by atoms with E-state index in [1.54, 1.807) is 25.3 Å². The van der Waals surface area contributed by atoms with Crippen LogP contribution in [-0.4, -0.2) is 36.1 Å². The summed E-state index contributed by atoms with van der Waals surface area (Å²) in [5.74, 6) is 1.49. The molecule has 0 fully saturated rings. The van der Waals surface area contributed by atoms with Gasteiger partial charge >= 0.3 is 0 Å². The highest BCUT2D eigenvalue weighted by atomic mass is 32.2. The average molecular weight is 421 g/mol. The number of fused-ring (bicyclic) bond motifs is 1. The van der Waals surface area contributed by atoms with Crippen molar-refractivity contribution in [3.8, 4) is 23.0 Å². The normalized spacial score (nSPS) is 10.7. The fourth-order valence-electron chi connectivity index (χ4n) is 3.00. The molecule has 7 nitrogen and oxygen atoms in total. The van der Waals surface area contributed by atoms with E-state index in [2.05, 4.69) is 15.5 Å². The van der Waals surface area contributed by atoms with E-state index < -0.39 is 0 Å². The smallest absolute Gasteiger partial charge is 0.277 e. The zero-order chi connectivity index (χ0) is 20.9. The Bertz CT molecular complexity index is 1190. The van der Waals surface area contributed by atoms with Gasteiger partial charge < -0.3 is 19.2 Å². The van der Waals surface area contributed by atoms with E-state index in [0.717, 1.165) is 16.3 Å². The first-order chi connectivity index (χ1) is 14.7. The molecule has 8 heteroatoms. The van der Waals surface area contributed by atoms with Crippen LogP contribution < -0.4 is 14.8 Å². The number of aromatic nitrogens is 2. The molecular weight excluding hydrogens is 402 g/mol. The SMILES string of the molecule is COc1ccc(NC(=O)CSc2nnc(-c3cccc4ccccc34)o2)c(OC)c1. The number of rotatable bonds is 7. The van der Waals surface area contributed by atoms with Gasteiger partial charge in [-0.3, -0.25) is 4.79 Å². The van der Waals surface area contributed by atoms with Gasteiger partial charge in [0.05, 0.1) is 25.7 Å². The second kappa shape index (κ2) is 8.87. The van der Waals surface area contributed by atoms with Crippen LogP contribution in [0.4, 0.5) is 5.69 Å². The summed E-state index contributed by atoms with van der Waals surface area (Å²) in [6, 6.07) is 19.1.